The fourth-order valence-electron chi connectivity index (χ4n) is 0.903. The van der Waals surface area contributed by atoms with E-state index in [9.17, 15) is 0 Å². The Morgan fingerprint density at radius 1 is 1.08 bits per heavy atom. The molecule has 0 aromatic carbocycles. The molecule has 0 spiro atoms. The van der Waals surface area contributed by atoms with Gasteiger partial charge in [0.2, 0.25) is 0 Å². The fourth-order valence-corrected chi connectivity index (χ4v) is 0.903. The van der Waals surface area contributed by atoms with Crippen LogP contribution in [0.15, 0.2) is 12.2 Å². The first-order valence-corrected chi connectivity index (χ1v) is 4.67. The summed E-state index contributed by atoms with van der Waals surface area (Å²) in [5.74, 6) is 0. The Bertz CT molecular complexity index is 143. The van der Waals surface area contributed by atoms with Crippen LogP contribution in [0, 0.1) is 5.41 Å². The van der Waals surface area contributed by atoms with Gasteiger partial charge in [-0.05, 0) is 32.1 Å². The highest BCUT2D eigenvalue weighted by molar-refractivity contribution is 4.98. The molecule has 0 fully saturated rings. The highest BCUT2D eigenvalue weighted by Gasteiger charge is 2.08. The van der Waals surface area contributed by atoms with E-state index >= 15 is 0 Å². The summed E-state index contributed by atoms with van der Waals surface area (Å²) in [6.45, 7) is 10.8. The van der Waals surface area contributed by atoms with E-state index in [2.05, 4.69) is 32.9 Å². The van der Waals surface area contributed by atoms with Crippen molar-refractivity contribution in [2.75, 3.05) is 0 Å². The molecule has 12 heavy (non-hydrogen) atoms. The smallest absolute Gasteiger partial charge is 0.0281 e. The summed E-state index contributed by atoms with van der Waals surface area (Å²) in [5, 5.41) is 0. The maximum absolute atomic E-state index is 5.80. The quantitative estimate of drug-likeness (QED) is 0.645. The zero-order valence-corrected chi connectivity index (χ0v) is 9.15. The Hall–Kier alpha value is -0.300. The van der Waals surface area contributed by atoms with Crippen LogP contribution < -0.4 is 5.73 Å². The average Bonchev–Trinajstić information content (AvgIpc) is 1.76. The molecular formula is C11H23N. The molecule has 72 valence electrons. The molecule has 0 aliphatic rings. The van der Waals surface area contributed by atoms with E-state index in [4.69, 9.17) is 5.73 Å². The van der Waals surface area contributed by atoms with E-state index in [0.29, 0.717) is 5.41 Å². The highest BCUT2D eigenvalue weighted by Crippen LogP contribution is 2.20. The summed E-state index contributed by atoms with van der Waals surface area (Å²) in [4.78, 5) is 0. The Morgan fingerprint density at radius 3 is 1.92 bits per heavy atom. The van der Waals surface area contributed by atoms with E-state index in [-0.39, 0.29) is 5.54 Å². The van der Waals surface area contributed by atoms with Crippen molar-refractivity contribution in [2.45, 2.75) is 53.0 Å². The number of hydrogen-bond acceptors (Lipinski definition) is 1. The normalized spacial score (nSPS) is 14.2. The van der Waals surface area contributed by atoms with Gasteiger partial charge >= 0.3 is 0 Å². The highest BCUT2D eigenvalue weighted by atomic mass is 14.7. The van der Waals surface area contributed by atoms with Gasteiger partial charge in [-0.15, -0.1) is 0 Å². The molecule has 0 aromatic heterocycles. The SMILES string of the molecule is CC(C)(N)/C=C/CCC(C)(C)C. The van der Waals surface area contributed by atoms with Crippen molar-refractivity contribution in [1.29, 1.82) is 0 Å². The summed E-state index contributed by atoms with van der Waals surface area (Å²) >= 11 is 0. The van der Waals surface area contributed by atoms with E-state index in [0.717, 1.165) is 6.42 Å². The van der Waals surface area contributed by atoms with Crippen LogP contribution in [0.3, 0.4) is 0 Å². The first kappa shape index (κ1) is 11.7. The molecule has 0 rings (SSSR count). The molecule has 0 bridgehead atoms. The van der Waals surface area contributed by atoms with E-state index < -0.39 is 0 Å². The first-order chi connectivity index (χ1) is 5.21. The third-order valence-corrected chi connectivity index (χ3v) is 1.61. The van der Waals surface area contributed by atoms with Crippen molar-refractivity contribution >= 4 is 0 Å². The molecule has 1 heteroatoms. The molecule has 0 aliphatic carbocycles. The molecule has 1 nitrogen and oxygen atoms in total. The predicted molar refractivity (Wildman–Crippen MR) is 56.1 cm³/mol. The van der Waals surface area contributed by atoms with Crippen LogP contribution >= 0.6 is 0 Å². The second-order valence-electron chi connectivity index (χ2n) is 5.32. The first-order valence-electron chi connectivity index (χ1n) is 4.67. The van der Waals surface area contributed by atoms with Crippen molar-refractivity contribution < 1.29 is 0 Å². The third-order valence-electron chi connectivity index (χ3n) is 1.61. The monoisotopic (exact) mass is 169 g/mol. The van der Waals surface area contributed by atoms with Crippen LogP contribution in [-0.4, -0.2) is 5.54 Å². The molecule has 0 amide bonds. The van der Waals surface area contributed by atoms with Crippen LogP contribution in [0.1, 0.15) is 47.5 Å². The Kier molecular flexibility index (Phi) is 3.98. The fraction of sp³-hybridized carbons (Fsp3) is 0.818. The molecule has 0 saturated carbocycles. The van der Waals surface area contributed by atoms with Gasteiger partial charge in [0.25, 0.3) is 0 Å². The third kappa shape index (κ3) is 9.70. The summed E-state index contributed by atoms with van der Waals surface area (Å²) in [5.41, 5.74) is 6.08. The summed E-state index contributed by atoms with van der Waals surface area (Å²) in [7, 11) is 0. The molecule has 0 unspecified atom stereocenters. The van der Waals surface area contributed by atoms with Crippen LogP contribution in [0.5, 0.6) is 0 Å². The lowest BCUT2D eigenvalue weighted by molar-refractivity contribution is 0.381. The zero-order valence-electron chi connectivity index (χ0n) is 9.15. The maximum Gasteiger partial charge on any atom is 0.0281 e. The van der Waals surface area contributed by atoms with Crippen molar-refractivity contribution in [2.24, 2.45) is 11.1 Å². The second kappa shape index (κ2) is 4.08. The minimum absolute atomic E-state index is 0.155. The number of nitrogens with two attached hydrogens (primary N) is 1. The number of rotatable bonds is 3. The van der Waals surface area contributed by atoms with Gasteiger partial charge in [0, 0.05) is 5.54 Å². The second-order valence-corrected chi connectivity index (χ2v) is 5.32. The van der Waals surface area contributed by atoms with Crippen LogP contribution in [0.4, 0.5) is 0 Å². The van der Waals surface area contributed by atoms with Gasteiger partial charge in [0.05, 0.1) is 0 Å². The molecule has 2 N–H and O–H groups in total. The van der Waals surface area contributed by atoms with Gasteiger partial charge in [-0.3, -0.25) is 0 Å². The van der Waals surface area contributed by atoms with Crippen molar-refractivity contribution in [1.82, 2.24) is 0 Å². The van der Waals surface area contributed by atoms with Gasteiger partial charge in [0.1, 0.15) is 0 Å². The van der Waals surface area contributed by atoms with Gasteiger partial charge < -0.3 is 5.73 Å². The molecule has 0 atom stereocenters. The van der Waals surface area contributed by atoms with Crippen LogP contribution in [-0.2, 0) is 0 Å². The summed E-state index contributed by atoms with van der Waals surface area (Å²) in [6, 6.07) is 0. The standard InChI is InChI=1S/C11H23N/c1-10(2,3)8-6-7-9-11(4,5)12/h7,9H,6,8,12H2,1-5H3/b9-7+. The van der Waals surface area contributed by atoms with Gasteiger partial charge in [0.15, 0.2) is 0 Å². The molecule has 0 radical (unpaired) electrons. The van der Waals surface area contributed by atoms with Crippen molar-refractivity contribution in [3.05, 3.63) is 12.2 Å². The topological polar surface area (TPSA) is 26.0 Å². The summed E-state index contributed by atoms with van der Waals surface area (Å²) in [6.07, 6.45) is 6.62. The number of allylic oxidation sites excluding steroid dienone is 1. The van der Waals surface area contributed by atoms with Gasteiger partial charge in [-0.2, -0.15) is 0 Å². The maximum atomic E-state index is 5.80. The van der Waals surface area contributed by atoms with Crippen molar-refractivity contribution in [3.8, 4) is 0 Å². The Labute approximate surface area is 77.0 Å². The molecule has 0 saturated heterocycles. The van der Waals surface area contributed by atoms with Gasteiger partial charge in [-0.25, -0.2) is 0 Å². The van der Waals surface area contributed by atoms with E-state index in [1.165, 1.54) is 6.42 Å². The molecular weight excluding hydrogens is 146 g/mol. The van der Waals surface area contributed by atoms with E-state index in [1.54, 1.807) is 0 Å². The minimum Gasteiger partial charge on any atom is -0.322 e. The predicted octanol–water partition coefficient (Wildman–Crippen LogP) is 3.11. The van der Waals surface area contributed by atoms with Gasteiger partial charge in [-0.1, -0.05) is 32.9 Å². The van der Waals surface area contributed by atoms with E-state index in [1.807, 2.05) is 13.8 Å². The van der Waals surface area contributed by atoms with Crippen molar-refractivity contribution in [3.63, 3.8) is 0 Å². The van der Waals surface area contributed by atoms with Crippen LogP contribution in [0.2, 0.25) is 0 Å². The lowest BCUT2D eigenvalue weighted by Crippen LogP contribution is -2.28. The van der Waals surface area contributed by atoms with Crippen LogP contribution in [0.25, 0.3) is 0 Å². The lowest BCUT2D eigenvalue weighted by atomic mass is 9.90. The molecule has 0 aromatic rings. The lowest BCUT2D eigenvalue weighted by Gasteiger charge is -2.17. The Balaban J connectivity index is 3.64. The Morgan fingerprint density at radius 2 is 1.58 bits per heavy atom. The average molecular weight is 169 g/mol. The minimum atomic E-state index is -0.155. The zero-order chi connectivity index (χ0) is 9.83. The molecule has 0 aliphatic heterocycles. The largest absolute Gasteiger partial charge is 0.322 e. The summed E-state index contributed by atoms with van der Waals surface area (Å²) < 4.78 is 0. The molecule has 0 heterocycles. The number of hydrogen-bond donors (Lipinski definition) is 1.